The third-order valence-corrected chi connectivity index (χ3v) is 5.49. The summed E-state index contributed by atoms with van der Waals surface area (Å²) in [6, 6.07) is -0.272. The molecule has 1 saturated heterocycles. The number of aryl methyl sites for hydroxylation is 1. The molecule has 1 fully saturated rings. The van der Waals surface area contributed by atoms with Crippen LogP contribution in [0.2, 0.25) is 0 Å². The monoisotopic (exact) mass is 369 g/mol. The third kappa shape index (κ3) is 4.30. The molecule has 0 spiro atoms. The predicted molar refractivity (Wildman–Crippen MR) is 96.3 cm³/mol. The molecule has 2 unspecified atom stereocenters. The first-order valence-corrected chi connectivity index (χ1v) is 10.4. The number of nitrogens with one attached hydrogen (secondary N) is 2. The first-order chi connectivity index (χ1) is 11.5. The van der Waals surface area contributed by atoms with Gasteiger partial charge in [-0.05, 0) is 31.7 Å². The highest BCUT2D eigenvalue weighted by Crippen LogP contribution is 2.27. The molecule has 7 nitrogen and oxygen atoms in total. The molecular weight excluding hydrogens is 342 g/mol. The molecule has 1 aliphatic heterocycles. The van der Waals surface area contributed by atoms with E-state index in [0.29, 0.717) is 35.6 Å². The average molecular weight is 369 g/mol. The fourth-order valence-corrected chi connectivity index (χ4v) is 4.51. The van der Waals surface area contributed by atoms with Crippen LogP contribution >= 0.6 is 0 Å². The van der Waals surface area contributed by atoms with Crippen molar-refractivity contribution >= 4 is 21.7 Å². The van der Waals surface area contributed by atoms with E-state index in [2.05, 4.69) is 9.71 Å². The molecule has 0 saturated carbocycles. The van der Waals surface area contributed by atoms with E-state index in [9.17, 15) is 18.0 Å². The Balaban J connectivity index is 2.27. The summed E-state index contributed by atoms with van der Waals surface area (Å²) in [6.07, 6.45) is 2.91. The van der Waals surface area contributed by atoms with Crippen molar-refractivity contribution in [3.05, 3.63) is 22.5 Å². The Hall–Kier alpha value is -1.67. The number of likely N-dealkylation sites (tertiary alicyclic amines) is 1. The van der Waals surface area contributed by atoms with Crippen molar-refractivity contribution in [1.82, 2.24) is 14.6 Å². The Morgan fingerprint density at radius 2 is 1.92 bits per heavy atom. The smallest absolute Gasteiger partial charge is 0.256 e. The maximum Gasteiger partial charge on any atom is 0.256 e. The maximum atomic E-state index is 13.0. The van der Waals surface area contributed by atoms with Gasteiger partial charge in [-0.15, -0.1) is 0 Å². The normalized spacial score (nSPS) is 20.9. The summed E-state index contributed by atoms with van der Waals surface area (Å²) < 4.78 is 25.9. The van der Waals surface area contributed by atoms with E-state index in [1.165, 1.54) is 6.92 Å². The Labute approximate surface area is 149 Å². The minimum atomic E-state index is -3.33. The Kier molecular flexibility index (Phi) is 5.73. The Bertz CT molecular complexity index is 782. The first kappa shape index (κ1) is 19.7. The number of rotatable bonds is 6. The summed E-state index contributed by atoms with van der Waals surface area (Å²) in [7, 11) is -3.33. The Morgan fingerprint density at radius 3 is 2.40 bits per heavy atom. The summed E-state index contributed by atoms with van der Waals surface area (Å²) in [6.45, 7) is 7.90. The highest BCUT2D eigenvalue weighted by atomic mass is 32.2. The minimum absolute atomic E-state index is 0.0931. The second-order valence-electron chi connectivity index (χ2n) is 6.94. The predicted octanol–water partition coefficient (Wildman–Crippen LogP) is 1.62. The van der Waals surface area contributed by atoms with Gasteiger partial charge in [0.1, 0.15) is 0 Å². The first-order valence-electron chi connectivity index (χ1n) is 8.51. The van der Waals surface area contributed by atoms with E-state index >= 15 is 0 Å². The molecular formula is C17H27N3O4S. The number of sulfonamides is 1. The van der Waals surface area contributed by atoms with Gasteiger partial charge < -0.3 is 9.88 Å². The van der Waals surface area contributed by atoms with Gasteiger partial charge in [-0.1, -0.05) is 13.3 Å². The fourth-order valence-electron chi connectivity index (χ4n) is 3.69. The molecule has 0 bridgehead atoms. The lowest BCUT2D eigenvalue weighted by Gasteiger charge is -2.17. The molecule has 0 radical (unpaired) electrons. The highest BCUT2D eigenvalue weighted by Gasteiger charge is 2.37. The largest absolute Gasteiger partial charge is 0.355 e. The Morgan fingerprint density at radius 1 is 1.28 bits per heavy atom. The molecule has 2 N–H and O–H groups in total. The van der Waals surface area contributed by atoms with Crippen LogP contribution in [0.25, 0.3) is 0 Å². The number of carbonyl (C=O) groups excluding carboxylic acids is 2. The van der Waals surface area contributed by atoms with Crippen molar-refractivity contribution in [3.63, 3.8) is 0 Å². The second kappa shape index (κ2) is 7.29. The second-order valence-corrected chi connectivity index (χ2v) is 8.72. The van der Waals surface area contributed by atoms with Crippen molar-refractivity contribution in [2.75, 3.05) is 19.3 Å². The van der Waals surface area contributed by atoms with E-state index in [-0.39, 0.29) is 23.7 Å². The van der Waals surface area contributed by atoms with Crippen LogP contribution in [0.15, 0.2) is 0 Å². The number of hydrogen-bond donors (Lipinski definition) is 2. The molecule has 2 rings (SSSR count). The number of amides is 1. The zero-order valence-electron chi connectivity index (χ0n) is 15.5. The lowest BCUT2D eigenvalue weighted by atomic mass is 9.99. The summed E-state index contributed by atoms with van der Waals surface area (Å²) in [4.78, 5) is 29.4. The molecule has 140 valence electrons. The van der Waals surface area contributed by atoms with Crippen molar-refractivity contribution in [2.45, 2.75) is 46.6 Å². The van der Waals surface area contributed by atoms with Crippen LogP contribution in [-0.4, -0.2) is 55.4 Å². The third-order valence-electron chi connectivity index (χ3n) is 4.76. The molecule has 1 amide bonds. The van der Waals surface area contributed by atoms with E-state index in [4.69, 9.17) is 0 Å². The number of hydrogen-bond acceptors (Lipinski definition) is 4. The number of nitrogens with zero attached hydrogens (tertiary/aromatic N) is 1. The topological polar surface area (TPSA) is 99.3 Å². The molecule has 1 aromatic rings. The van der Waals surface area contributed by atoms with Gasteiger partial charge >= 0.3 is 0 Å². The van der Waals surface area contributed by atoms with Crippen molar-refractivity contribution in [3.8, 4) is 0 Å². The lowest BCUT2D eigenvalue weighted by molar-refractivity contribution is 0.0783. The fraction of sp³-hybridized carbons (Fsp3) is 0.647. The number of aromatic nitrogens is 1. The molecule has 1 aliphatic rings. The maximum absolute atomic E-state index is 13.0. The van der Waals surface area contributed by atoms with Crippen LogP contribution in [0, 0.1) is 19.8 Å². The van der Waals surface area contributed by atoms with Crippen LogP contribution in [0.4, 0.5) is 0 Å². The number of ketones is 1. The van der Waals surface area contributed by atoms with Crippen molar-refractivity contribution in [1.29, 1.82) is 0 Å². The summed E-state index contributed by atoms with van der Waals surface area (Å²) in [5.41, 5.74) is 2.29. The van der Waals surface area contributed by atoms with E-state index in [1.54, 1.807) is 18.7 Å². The minimum Gasteiger partial charge on any atom is -0.355 e. The molecule has 2 heterocycles. The number of H-pyrrole nitrogens is 1. The quantitative estimate of drug-likeness (QED) is 0.744. The van der Waals surface area contributed by atoms with Crippen LogP contribution in [0.1, 0.15) is 58.8 Å². The van der Waals surface area contributed by atoms with Gasteiger partial charge in [-0.25, -0.2) is 13.1 Å². The zero-order valence-corrected chi connectivity index (χ0v) is 16.3. The molecule has 1 aromatic heterocycles. The molecule has 8 heteroatoms. The van der Waals surface area contributed by atoms with Crippen LogP contribution in [0.3, 0.4) is 0 Å². The zero-order chi connectivity index (χ0) is 18.9. The standard InChI is InChI=1S/C17H27N3O4S/c1-6-7-13-8-20(9-14(13)19-25(5,23)24)17(22)15-10(2)16(12(4)21)18-11(15)3/h13-14,18-19H,6-9H2,1-5H3. The number of aromatic amines is 1. The summed E-state index contributed by atoms with van der Waals surface area (Å²) in [5, 5.41) is 0. The van der Waals surface area contributed by atoms with Gasteiger partial charge in [-0.2, -0.15) is 0 Å². The highest BCUT2D eigenvalue weighted by molar-refractivity contribution is 7.88. The van der Waals surface area contributed by atoms with Crippen molar-refractivity contribution in [2.24, 2.45) is 5.92 Å². The molecule has 0 aliphatic carbocycles. The number of carbonyl (C=O) groups is 2. The van der Waals surface area contributed by atoms with Crippen LogP contribution in [0.5, 0.6) is 0 Å². The van der Waals surface area contributed by atoms with E-state index in [0.717, 1.165) is 19.1 Å². The van der Waals surface area contributed by atoms with Gasteiger partial charge in [-0.3, -0.25) is 9.59 Å². The number of Topliss-reactive ketones (excluding diaryl/α,β-unsaturated/α-hetero) is 1. The lowest BCUT2D eigenvalue weighted by Crippen LogP contribution is -2.40. The van der Waals surface area contributed by atoms with Gasteiger partial charge in [0.2, 0.25) is 10.0 Å². The van der Waals surface area contributed by atoms with Gasteiger partial charge in [0.25, 0.3) is 5.91 Å². The molecule has 0 aromatic carbocycles. The van der Waals surface area contributed by atoms with E-state index in [1.807, 2.05) is 6.92 Å². The van der Waals surface area contributed by atoms with Gasteiger partial charge in [0.15, 0.2) is 5.78 Å². The summed E-state index contributed by atoms with van der Waals surface area (Å²) in [5.74, 6) is -0.172. The van der Waals surface area contributed by atoms with Gasteiger partial charge in [0.05, 0.1) is 17.5 Å². The van der Waals surface area contributed by atoms with E-state index < -0.39 is 10.0 Å². The molecule has 25 heavy (non-hydrogen) atoms. The van der Waals surface area contributed by atoms with Gasteiger partial charge in [0, 0.05) is 31.7 Å². The molecule has 2 atom stereocenters. The summed E-state index contributed by atoms with van der Waals surface area (Å²) >= 11 is 0. The SMILES string of the molecule is CCCC1CN(C(=O)c2c(C)[nH]c(C(C)=O)c2C)CC1NS(C)(=O)=O. The van der Waals surface area contributed by atoms with Crippen LogP contribution < -0.4 is 4.72 Å². The van der Waals surface area contributed by atoms with Crippen LogP contribution in [-0.2, 0) is 10.0 Å². The van der Waals surface area contributed by atoms with Crippen molar-refractivity contribution < 1.29 is 18.0 Å². The average Bonchev–Trinajstić information content (AvgIpc) is 2.99.